The smallest absolute Gasteiger partial charge is 0.276 e. The number of fused-ring (bicyclic) bond motifs is 2. The van der Waals surface area contributed by atoms with Crippen molar-refractivity contribution in [1.29, 1.82) is 0 Å². The van der Waals surface area contributed by atoms with Crippen molar-refractivity contribution in [3.05, 3.63) is 58.3 Å². The number of nitrogens with zero attached hydrogens (tertiary/aromatic N) is 5. The summed E-state index contributed by atoms with van der Waals surface area (Å²) in [7, 11) is 0. The zero-order valence-corrected chi connectivity index (χ0v) is 18.1. The number of ether oxygens (including phenoxy) is 1. The molecule has 9 heteroatoms. The molecule has 2 N–H and O–H groups in total. The van der Waals surface area contributed by atoms with E-state index in [1.54, 1.807) is 10.7 Å². The van der Waals surface area contributed by atoms with Crippen LogP contribution in [0, 0.1) is 5.92 Å². The molecular formula is C23H27N7O2. The van der Waals surface area contributed by atoms with Crippen molar-refractivity contribution in [1.82, 2.24) is 34.4 Å². The Hall–Kier alpha value is -3.04. The van der Waals surface area contributed by atoms with Crippen molar-refractivity contribution in [2.24, 2.45) is 5.92 Å². The van der Waals surface area contributed by atoms with E-state index in [1.807, 2.05) is 24.3 Å². The molecule has 9 nitrogen and oxygen atoms in total. The van der Waals surface area contributed by atoms with Crippen molar-refractivity contribution in [3.8, 4) is 0 Å². The fourth-order valence-corrected chi connectivity index (χ4v) is 5.18. The highest BCUT2D eigenvalue weighted by atomic mass is 16.5. The van der Waals surface area contributed by atoms with Crippen LogP contribution < -0.4 is 5.56 Å². The molecule has 0 aliphatic carbocycles. The number of hydrogen-bond donors (Lipinski definition) is 2. The molecular weight excluding hydrogens is 406 g/mol. The van der Waals surface area contributed by atoms with Crippen LogP contribution in [-0.4, -0.2) is 60.8 Å². The van der Waals surface area contributed by atoms with Gasteiger partial charge in [-0.15, -0.1) is 0 Å². The lowest BCUT2D eigenvalue weighted by Crippen LogP contribution is -2.24. The zero-order valence-electron chi connectivity index (χ0n) is 18.1. The number of nitrogens with one attached hydrogen (secondary N) is 2. The molecule has 4 aromatic rings. The van der Waals surface area contributed by atoms with Gasteiger partial charge in [0.25, 0.3) is 5.56 Å². The second kappa shape index (κ2) is 7.83. The molecule has 0 saturated carbocycles. The summed E-state index contributed by atoms with van der Waals surface area (Å²) >= 11 is 0. The molecule has 32 heavy (non-hydrogen) atoms. The quantitative estimate of drug-likeness (QED) is 0.512. The van der Waals surface area contributed by atoms with E-state index >= 15 is 0 Å². The molecule has 5 heterocycles. The third kappa shape index (κ3) is 3.41. The molecule has 2 aliphatic rings. The van der Waals surface area contributed by atoms with Crippen molar-refractivity contribution < 1.29 is 4.74 Å². The van der Waals surface area contributed by atoms with E-state index in [4.69, 9.17) is 14.8 Å². The number of hydrogen-bond acceptors (Lipinski definition) is 6. The van der Waals surface area contributed by atoms with Crippen molar-refractivity contribution in [3.63, 3.8) is 0 Å². The Kier molecular flexibility index (Phi) is 4.80. The summed E-state index contributed by atoms with van der Waals surface area (Å²) in [5.41, 5.74) is 2.44. The first-order chi connectivity index (χ1) is 15.7. The minimum Gasteiger partial charge on any atom is -0.381 e. The summed E-state index contributed by atoms with van der Waals surface area (Å²) in [6, 6.07) is 8.09. The second-order valence-corrected chi connectivity index (χ2v) is 9.12. The lowest BCUT2D eigenvalue weighted by molar-refractivity contribution is 0.0832. The van der Waals surface area contributed by atoms with Gasteiger partial charge in [0.1, 0.15) is 17.5 Å². The van der Waals surface area contributed by atoms with E-state index < -0.39 is 0 Å². The normalized spacial score (nSPS) is 22.9. The Labute approximate surface area is 184 Å². The summed E-state index contributed by atoms with van der Waals surface area (Å²) in [6.45, 7) is 6.19. The number of para-hydroxylation sites is 2. The molecule has 0 amide bonds. The first kappa shape index (κ1) is 19.6. The molecule has 2 saturated heterocycles. The monoisotopic (exact) mass is 433 g/mol. The van der Waals surface area contributed by atoms with Gasteiger partial charge in [-0.2, -0.15) is 5.10 Å². The van der Waals surface area contributed by atoms with E-state index in [0.717, 1.165) is 74.2 Å². The highest BCUT2D eigenvalue weighted by Gasteiger charge is 2.34. The molecule has 0 spiro atoms. The number of aromatic amines is 2. The molecule has 1 aromatic carbocycles. The van der Waals surface area contributed by atoms with Crippen LogP contribution in [-0.2, 0) is 11.3 Å². The standard InChI is InChI=1S/C23H27N7O2/c1-14-11-29(13-20-25-17-4-2-3-5-18(17)26-20)12-16(14)21-27-23(31)19-10-24-22(30(19)28-21)15-6-8-32-9-7-15/h2-5,10,14-16H,6-9,11-13H2,1H3,(H,25,26)(H,27,28,31). The van der Waals surface area contributed by atoms with E-state index in [2.05, 4.69) is 26.8 Å². The molecule has 3 aromatic heterocycles. The summed E-state index contributed by atoms with van der Waals surface area (Å²) in [6.07, 6.45) is 3.47. The predicted octanol–water partition coefficient (Wildman–Crippen LogP) is 2.42. The van der Waals surface area contributed by atoms with Gasteiger partial charge in [-0.05, 0) is 30.9 Å². The van der Waals surface area contributed by atoms with E-state index in [9.17, 15) is 4.79 Å². The van der Waals surface area contributed by atoms with Gasteiger partial charge >= 0.3 is 0 Å². The number of imidazole rings is 2. The number of aromatic nitrogens is 6. The Morgan fingerprint density at radius 1 is 1.16 bits per heavy atom. The van der Waals surface area contributed by atoms with E-state index in [0.29, 0.717) is 11.4 Å². The zero-order chi connectivity index (χ0) is 21.7. The van der Waals surface area contributed by atoms with Gasteiger partial charge in [-0.25, -0.2) is 14.5 Å². The highest BCUT2D eigenvalue weighted by molar-refractivity contribution is 5.74. The van der Waals surface area contributed by atoms with Gasteiger partial charge in [0.15, 0.2) is 5.52 Å². The predicted molar refractivity (Wildman–Crippen MR) is 120 cm³/mol. The Bertz CT molecular complexity index is 1280. The van der Waals surface area contributed by atoms with Crippen molar-refractivity contribution in [2.75, 3.05) is 26.3 Å². The molecule has 2 fully saturated rings. The first-order valence-corrected chi connectivity index (χ1v) is 11.4. The van der Waals surface area contributed by atoms with Gasteiger partial charge in [0.05, 0.1) is 23.8 Å². The van der Waals surface area contributed by atoms with Gasteiger partial charge in [-0.3, -0.25) is 9.69 Å². The lowest BCUT2D eigenvalue weighted by Gasteiger charge is -2.21. The van der Waals surface area contributed by atoms with Crippen molar-refractivity contribution in [2.45, 2.75) is 38.1 Å². The van der Waals surface area contributed by atoms with Gasteiger partial charge in [0.2, 0.25) is 0 Å². The maximum absolute atomic E-state index is 12.8. The average Bonchev–Trinajstić information content (AvgIpc) is 3.50. The van der Waals surface area contributed by atoms with Crippen LogP contribution in [0.25, 0.3) is 16.6 Å². The summed E-state index contributed by atoms with van der Waals surface area (Å²) < 4.78 is 7.27. The summed E-state index contributed by atoms with van der Waals surface area (Å²) in [5, 5.41) is 4.89. The Morgan fingerprint density at radius 2 is 2.00 bits per heavy atom. The highest BCUT2D eigenvalue weighted by Crippen LogP contribution is 2.31. The number of benzene rings is 1. The van der Waals surface area contributed by atoms with Gasteiger partial charge in [-0.1, -0.05) is 19.1 Å². The molecule has 2 unspecified atom stereocenters. The van der Waals surface area contributed by atoms with Gasteiger partial charge < -0.3 is 14.7 Å². The molecule has 0 bridgehead atoms. The van der Waals surface area contributed by atoms with Crippen LogP contribution in [0.15, 0.2) is 35.3 Å². The summed E-state index contributed by atoms with van der Waals surface area (Å²) in [5.74, 6) is 3.39. The van der Waals surface area contributed by atoms with Crippen LogP contribution in [0.1, 0.15) is 49.1 Å². The van der Waals surface area contributed by atoms with Crippen molar-refractivity contribution >= 4 is 16.6 Å². The van der Waals surface area contributed by atoms with Crippen LogP contribution in [0.3, 0.4) is 0 Å². The first-order valence-electron chi connectivity index (χ1n) is 11.4. The Morgan fingerprint density at radius 3 is 2.84 bits per heavy atom. The number of rotatable bonds is 4. The van der Waals surface area contributed by atoms with E-state index in [1.165, 1.54) is 0 Å². The summed E-state index contributed by atoms with van der Waals surface area (Å²) in [4.78, 5) is 30.9. The third-order valence-corrected chi connectivity index (χ3v) is 6.88. The molecule has 166 valence electrons. The maximum Gasteiger partial charge on any atom is 0.276 e. The van der Waals surface area contributed by atoms with Gasteiger partial charge in [0, 0.05) is 38.1 Å². The topological polar surface area (TPSA) is 104 Å². The molecule has 2 aliphatic heterocycles. The minimum atomic E-state index is -0.122. The molecule has 0 radical (unpaired) electrons. The second-order valence-electron chi connectivity index (χ2n) is 9.12. The SMILES string of the molecule is CC1CN(Cc2nc3ccccc3[nH]2)CC1c1nn2c(C3CCOCC3)ncc2c(=O)[nH]1. The number of likely N-dealkylation sites (tertiary alicyclic amines) is 1. The largest absolute Gasteiger partial charge is 0.381 e. The average molecular weight is 434 g/mol. The minimum absolute atomic E-state index is 0.122. The third-order valence-electron chi connectivity index (χ3n) is 6.88. The molecule has 2 atom stereocenters. The van der Waals surface area contributed by atoms with Crippen LogP contribution in [0.4, 0.5) is 0 Å². The fraction of sp³-hybridized carbons (Fsp3) is 0.478. The number of H-pyrrole nitrogens is 2. The fourth-order valence-electron chi connectivity index (χ4n) is 5.18. The Balaban J connectivity index is 1.27. The molecule has 6 rings (SSSR count). The van der Waals surface area contributed by atoms with Crippen LogP contribution >= 0.6 is 0 Å². The lowest BCUT2D eigenvalue weighted by atomic mass is 9.97. The van der Waals surface area contributed by atoms with Crippen LogP contribution in [0.5, 0.6) is 0 Å². The van der Waals surface area contributed by atoms with E-state index in [-0.39, 0.29) is 17.4 Å². The maximum atomic E-state index is 12.8. The van der Waals surface area contributed by atoms with Crippen LogP contribution in [0.2, 0.25) is 0 Å².